The van der Waals surface area contributed by atoms with Gasteiger partial charge in [-0.3, -0.25) is 14.5 Å². The predicted molar refractivity (Wildman–Crippen MR) is 120 cm³/mol. The van der Waals surface area contributed by atoms with E-state index < -0.39 is 5.97 Å². The summed E-state index contributed by atoms with van der Waals surface area (Å²) in [5.74, 6) is -1.27. The molecule has 0 unspecified atom stereocenters. The van der Waals surface area contributed by atoms with Gasteiger partial charge in [-0.1, -0.05) is 30.3 Å². The number of rotatable bonds is 5. The lowest BCUT2D eigenvalue weighted by atomic mass is 10.2. The Hall–Kier alpha value is -3.58. The van der Waals surface area contributed by atoms with Crippen LogP contribution in [0.4, 0.5) is 4.79 Å². The summed E-state index contributed by atoms with van der Waals surface area (Å²) in [5.41, 5.74) is 4.63. The number of carboxylic acid groups (broad SMARTS) is 1. The molecule has 0 spiro atoms. The third-order valence-corrected chi connectivity index (χ3v) is 6.09. The van der Waals surface area contributed by atoms with Crippen molar-refractivity contribution in [3.8, 4) is 5.69 Å². The number of hydrogen-bond acceptors (Lipinski definition) is 4. The maximum Gasteiger partial charge on any atom is 0.335 e. The van der Waals surface area contributed by atoms with Gasteiger partial charge in [0.2, 0.25) is 0 Å². The minimum Gasteiger partial charge on any atom is -0.478 e. The van der Waals surface area contributed by atoms with Gasteiger partial charge < -0.3 is 9.67 Å². The van der Waals surface area contributed by atoms with Crippen LogP contribution in [0.1, 0.15) is 32.9 Å². The molecule has 31 heavy (non-hydrogen) atoms. The SMILES string of the molecule is Cc1cc(/C=C2/SC(=O)N(Cc3ccccc3)C2=O)c(C)n1-c1ccc(C(=O)O)cc1. The summed E-state index contributed by atoms with van der Waals surface area (Å²) in [6, 6.07) is 18.0. The Balaban J connectivity index is 1.62. The van der Waals surface area contributed by atoms with Gasteiger partial charge in [-0.15, -0.1) is 0 Å². The molecule has 0 bridgehead atoms. The number of benzene rings is 2. The zero-order valence-corrected chi connectivity index (χ0v) is 17.8. The first-order valence-corrected chi connectivity index (χ1v) is 10.5. The number of nitrogens with zero attached hydrogens (tertiary/aromatic N) is 2. The Morgan fingerprint density at radius 2 is 1.71 bits per heavy atom. The molecule has 1 aliphatic heterocycles. The monoisotopic (exact) mass is 432 g/mol. The van der Waals surface area contributed by atoms with E-state index >= 15 is 0 Å². The zero-order valence-electron chi connectivity index (χ0n) is 17.0. The topological polar surface area (TPSA) is 79.6 Å². The van der Waals surface area contributed by atoms with Crippen molar-refractivity contribution >= 4 is 35.0 Å². The van der Waals surface area contributed by atoms with Crippen LogP contribution in [0.5, 0.6) is 0 Å². The molecule has 0 saturated carbocycles. The van der Waals surface area contributed by atoms with Gasteiger partial charge in [0.25, 0.3) is 11.1 Å². The number of carbonyl (C=O) groups excluding carboxylic acids is 2. The Kier molecular flexibility index (Phi) is 5.52. The molecule has 2 aromatic carbocycles. The number of aromatic carboxylic acids is 1. The van der Waals surface area contributed by atoms with Gasteiger partial charge >= 0.3 is 5.97 Å². The predicted octanol–water partition coefficient (Wildman–Crippen LogP) is 5.03. The first-order chi connectivity index (χ1) is 14.8. The molecule has 156 valence electrons. The summed E-state index contributed by atoms with van der Waals surface area (Å²) in [6.45, 7) is 4.12. The smallest absolute Gasteiger partial charge is 0.335 e. The highest BCUT2D eigenvalue weighted by molar-refractivity contribution is 8.18. The second-order valence-corrected chi connectivity index (χ2v) is 8.26. The number of carbonyl (C=O) groups is 3. The highest BCUT2D eigenvalue weighted by Gasteiger charge is 2.35. The number of thioether (sulfide) groups is 1. The second kappa shape index (κ2) is 8.28. The van der Waals surface area contributed by atoms with Crippen molar-refractivity contribution in [2.24, 2.45) is 0 Å². The van der Waals surface area contributed by atoms with Gasteiger partial charge in [0.1, 0.15) is 0 Å². The Bertz CT molecular complexity index is 1210. The third kappa shape index (κ3) is 4.04. The molecule has 6 nitrogen and oxygen atoms in total. The summed E-state index contributed by atoms with van der Waals surface area (Å²) in [7, 11) is 0. The van der Waals surface area contributed by atoms with Crippen molar-refractivity contribution in [1.82, 2.24) is 9.47 Å². The van der Waals surface area contributed by atoms with Crippen LogP contribution in [0.15, 0.2) is 65.6 Å². The number of hydrogen-bond donors (Lipinski definition) is 1. The van der Waals surface area contributed by atoms with Gasteiger partial charge in [0, 0.05) is 17.1 Å². The van der Waals surface area contributed by atoms with Crippen LogP contribution in [0.3, 0.4) is 0 Å². The molecule has 1 fully saturated rings. The van der Waals surface area contributed by atoms with Crippen LogP contribution in [-0.4, -0.2) is 31.7 Å². The van der Waals surface area contributed by atoms with Gasteiger partial charge in [-0.05, 0) is 73.1 Å². The average molecular weight is 433 g/mol. The molecule has 2 heterocycles. The van der Waals surface area contributed by atoms with Crippen LogP contribution in [0.25, 0.3) is 11.8 Å². The summed E-state index contributed by atoms with van der Waals surface area (Å²) in [5, 5.41) is 8.82. The molecule has 1 aromatic heterocycles. The van der Waals surface area contributed by atoms with Crippen molar-refractivity contribution in [3.05, 3.63) is 93.6 Å². The van der Waals surface area contributed by atoms with Crippen molar-refractivity contribution in [2.45, 2.75) is 20.4 Å². The lowest BCUT2D eigenvalue weighted by Gasteiger charge is -2.12. The fourth-order valence-corrected chi connectivity index (χ4v) is 4.46. The van der Waals surface area contributed by atoms with Crippen LogP contribution in [0, 0.1) is 13.8 Å². The lowest BCUT2D eigenvalue weighted by Crippen LogP contribution is -2.27. The molecule has 0 radical (unpaired) electrons. The molecular weight excluding hydrogens is 412 g/mol. The third-order valence-electron chi connectivity index (χ3n) is 5.19. The Morgan fingerprint density at radius 1 is 1.03 bits per heavy atom. The van der Waals surface area contributed by atoms with E-state index in [1.807, 2.05) is 54.8 Å². The van der Waals surface area contributed by atoms with Crippen LogP contribution < -0.4 is 0 Å². The molecule has 1 N–H and O–H groups in total. The minimum atomic E-state index is -0.973. The van der Waals surface area contributed by atoms with E-state index in [1.165, 1.54) is 4.90 Å². The van der Waals surface area contributed by atoms with Crippen molar-refractivity contribution in [3.63, 3.8) is 0 Å². The fraction of sp³-hybridized carbons (Fsp3) is 0.125. The molecule has 0 aliphatic carbocycles. The number of imide groups is 1. The normalized spacial score (nSPS) is 15.2. The lowest BCUT2D eigenvalue weighted by molar-refractivity contribution is -0.123. The standard InChI is InChI=1S/C24H20N2O4S/c1-15-12-19(16(2)26(15)20-10-8-18(9-11-20)23(28)29)13-21-22(27)25(24(30)31-21)14-17-6-4-3-5-7-17/h3-13H,14H2,1-2H3,(H,28,29)/b21-13+. The summed E-state index contributed by atoms with van der Waals surface area (Å²) < 4.78 is 1.99. The second-order valence-electron chi connectivity index (χ2n) is 7.27. The van der Waals surface area contributed by atoms with Gasteiger partial charge in [-0.25, -0.2) is 4.79 Å². The highest BCUT2D eigenvalue weighted by Crippen LogP contribution is 2.34. The number of aryl methyl sites for hydroxylation is 1. The van der Waals surface area contributed by atoms with E-state index in [0.29, 0.717) is 4.91 Å². The van der Waals surface area contributed by atoms with E-state index in [9.17, 15) is 14.4 Å². The number of carboxylic acids is 1. The van der Waals surface area contributed by atoms with Crippen molar-refractivity contribution in [2.75, 3.05) is 0 Å². The number of amides is 2. The molecule has 0 atom stereocenters. The molecule has 2 amide bonds. The maximum atomic E-state index is 12.9. The Morgan fingerprint density at radius 3 is 2.35 bits per heavy atom. The molecule has 3 aromatic rings. The summed E-state index contributed by atoms with van der Waals surface area (Å²) >= 11 is 0.945. The van der Waals surface area contributed by atoms with Crippen molar-refractivity contribution in [1.29, 1.82) is 0 Å². The molecule has 1 aliphatic rings. The summed E-state index contributed by atoms with van der Waals surface area (Å²) in [6.07, 6.45) is 1.75. The molecule has 1 saturated heterocycles. The van der Waals surface area contributed by atoms with Crippen LogP contribution >= 0.6 is 11.8 Å². The average Bonchev–Trinajstić information content (AvgIpc) is 3.18. The quantitative estimate of drug-likeness (QED) is 0.572. The van der Waals surface area contributed by atoms with E-state index in [0.717, 1.165) is 40.0 Å². The Labute approximate surface area is 183 Å². The van der Waals surface area contributed by atoms with Crippen LogP contribution in [-0.2, 0) is 11.3 Å². The van der Waals surface area contributed by atoms with Gasteiger partial charge in [0.15, 0.2) is 0 Å². The fourth-order valence-electron chi connectivity index (χ4n) is 3.63. The van der Waals surface area contributed by atoms with Crippen LogP contribution in [0.2, 0.25) is 0 Å². The van der Waals surface area contributed by atoms with E-state index in [-0.39, 0.29) is 23.3 Å². The van der Waals surface area contributed by atoms with E-state index in [2.05, 4.69) is 0 Å². The molecule has 4 rings (SSSR count). The molecule has 7 heteroatoms. The minimum absolute atomic E-state index is 0.221. The largest absolute Gasteiger partial charge is 0.478 e. The highest BCUT2D eigenvalue weighted by atomic mass is 32.2. The first kappa shape index (κ1) is 20.7. The molecular formula is C24H20N2O4S. The van der Waals surface area contributed by atoms with Gasteiger partial charge in [-0.2, -0.15) is 0 Å². The van der Waals surface area contributed by atoms with E-state index in [1.54, 1.807) is 30.3 Å². The summed E-state index contributed by atoms with van der Waals surface area (Å²) in [4.78, 5) is 38.0. The number of aromatic nitrogens is 1. The van der Waals surface area contributed by atoms with Crippen molar-refractivity contribution < 1.29 is 19.5 Å². The zero-order chi connectivity index (χ0) is 22.1. The van der Waals surface area contributed by atoms with E-state index in [4.69, 9.17) is 5.11 Å². The van der Waals surface area contributed by atoms with Gasteiger partial charge in [0.05, 0.1) is 17.0 Å². The first-order valence-electron chi connectivity index (χ1n) is 9.67. The maximum absolute atomic E-state index is 12.9.